The van der Waals surface area contributed by atoms with Gasteiger partial charge in [0.15, 0.2) is 0 Å². The third-order valence-corrected chi connectivity index (χ3v) is 3.28. The lowest BCUT2D eigenvalue weighted by Gasteiger charge is -2.30. The first-order valence-electron chi connectivity index (χ1n) is 6.45. The Morgan fingerprint density at radius 3 is 2.80 bits per heavy atom. The standard InChI is InChI=1S/C15H15N3O2/c1-10(19)12-7-6-11(8-16-12)18-9-15(20)17-13-4-2-3-5-14(13)18/h2-8,10,19H,9H2,1H3,(H,17,20). The number of nitrogens with one attached hydrogen (secondary N) is 1. The van der Waals surface area contributed by atoms with Crippen LogP contribution in [0.5, 0.6) is 0 Å². The summed E-state index contributed by atoms with van der Waals surface area (Å²) in [6.45, 7) is 1.93. The third kappa shape index (κ3) is 2.23. The van der Waals surface area contributed by atoms with E-state index in [2.05, 4.69) is 10.3 Å². The average molecular weight is 269 g/mol. The number of pyridine rings is 1. The maximum absolute atomic E-state index is 11.8. The summed E-state index contributed by atoms with van der Waals surface area (Å²) in [6.07, 6.45) is 1.08. The molecule has 0 aliphatic carbocycles. The lowest BCUT2D eigenvalue weighted by molar-refractivity contribution is -0.115. The highest BCUT2D eigenvalue weighted by atomic mass is 16.3. The second-order valence-corrected chi connectivity index (χ2v) is 4.77. The molecule has 5 heteroatoms. The minimum absolute atomic E-state index is 0.0525. The molecule has 3 rings (SSSR count). The van der Waals surface area contributed by atoms with E-state index >= 15 is 0 Å². The Bertz CT molecular complexity index is 638. The number of amides is 1. The Hall–Kier alpha value is -2.40. The molecule has 2 heterocycles. The van der Waals surface area contributed by atoms with Gasteiger partial charge in [0.1, 0.15) is 6.54 Å². The zero-order valence-electron chi connectivity index (χ0n) is 11.1. The molecule has 1 aromatic carbocycles. The summed E-state index contributed by atoms with van der Waals surface area (Å²) in [4.78, 5) is 17.9. The van der Waals surface area contributed by atoms with Crippen LogP contribution in [0.15, 0.2) is 42.6 Å². The van der Waals surface area contributed by atoms with Gasteiger partial charge in [0.2, 0.25) is 5.91 Å². The minimum Gasteiger partial charge on any atom is -0.387 e. The maximum Gasteiger partial charge on any atom is 0.244 e. The molecule has 0 saturated carbocycles. The lowest BCUT2D eigenvalue weighted by Crippen LogP contribution is -2.35. The van der Waals surface area contributed by atoms with Crippen LogP contribution in [0.3, 0.4) is 0 Å². The first-order chi connectivity index (χ1) is 9.65. The molecule has 1 aliphatic heterocycles. The highest BCUT2D eigenvalue weighted by Crippen LogP contribution is 2.34. The second kappa shape index (κ2) is 4.94. The van der Waals surface area contributed by atoms with Crippen LogP contribution in [0.2, 0.25) is 0 Å². The number of para-hydroxylation sites is 2. The molecule has 1 amide bonds. The van der Waals surface area contributed by atoms with E-state index in [-0.39, 0.29) is 12.5 Å². The number of carbonyl (C=O) groups is 1. The summed E-state index contributed by atoms with van der Waals surface area (Å²) in [6, 6.07) is 11.3. The van der Waals surface area contributed by atoms with Crippen LogP contribution < -0.4 is 10.2 Å². The molecule has 20 heavy (non-hydrogen) atoms. The fourth-order valence-corrected chi connectivity index (χ4v) is 2.27. The van der Waals surface area contributed by atoms with Crippen molar-refractivity contribution in [3.05, 3.63) is 48.3 Å². The van der Waals surface area contributed by atoms with E-state index in [0.29, 0.717) is 5.69 Å². The van der Waals surface area contributed by atoms with Gasteiger partial charge in [-0.1, -0.05) is 12.1 Å². The molecule has 1 aromatic heterocycles. The number of anilines is 3. The van der Waals surface area contributed by atoms with E-state index in [9.17, 15) is 9.90 Å². The van der Waals surface area contributed by atoms with Crippen molar-refractivity contribution in [1.82, 2.24) is 4.98 Å². The van der Waals surface area contributed by atoms with Crippen molar-refractivity contribution in [2.75, 3.05) is 16.8 Å². The highest BCUT2D eigenvalue weighted by Gasteiger charge is 2.22. The van der Waals surface area contributed by atoms with E-state index < -0.39 is 6.10 Å². The fourth-order valence-electron chi connectivity index (χ4n) is 2.27. The highest BCUT2D eigenvalue weighted by molar-refractivity contribution is 6.03. The normalized spacial score (nSPS) is 15.5. The number of aliphatic hydroxyl groups excluding tert-OH is 1. The zero-order valence-corrected chi connectivity index (χ0v) is 11.1. The molecular weight excluding hydrogens is 254 g/mol. The molecule has 2 N–H and O–H groups in total. The van der Waals surface area contributed by atoms with Crippen molar-refractivity contribution in [2.24, 2.45) is 0 Å². The van der Waals surface area contributed by atoms with Crippen molar-refractivity contribution in [3.63, 3.8) is 0 Å². The summed E-state index contributed by atoms with van der Waals surface area (Å²) >= 11 is 0. The van der Waals surface area contributed by atoms with Crippen LogP contribution >= 0.6 is 0 Å². The van der Waals surface area contributed by atoms with E-state index in [1.807, 2.05) is 35.2 Å². The monoisotopic (exact) mass is 269 g/mol. The number of hydrogen-bond acceptors (Lipinski definition) is 4. The number of carbonyl (C=O) groups excluding carboxylic acids is 1. The Morgan fingerprint density at radius 1 is 1.30 bits per heavy atom. The molecule has 0 radical (unpaired) electrons. The molecule has 0 fully saturated rings. The van der Waals surface area contributed by atoms with Crippen LogP contribution in [-0.4, -0.2) is 22.5 Å². The quantitative estimate of drug-likeness (QED) is 0.877. The molecule has 0 spiro atoms. The molecule has 2 aromatic rings. The second-order valence-electron chi connectivity index (χ2n) is 4.77. The van der Waals surface area contributed by atoms with E-state index in [4.69, 9.17) is 0 Å². The molecule has 102 valence electrons. The maximum atomic E-state index is 11.8. The average Bonchev–Trinajstić information content (AvgIpc) is 2.46. The largest absolute Gasteiger partial charge is 0.387 e. The molecular formula is C15H15N3O2. The van der Waals surface area contributed by atoms with Gasteiger partial charge in [0.05, 0.1) is 35.1 Å². The third-order valence-electron chi connectivity index (χ3n) is 3.28. The van der Waals surface area contributed by atoms with E-state index in [1.165, 1.54) is 0 Å². The van der Waals surface area contributed by atoms with Gasteiger partial charge in [0.25, 0.3) is 0 Å². The van der Waals surface area contributed by atoms with Gasteiger partial charge >= 0.3 is 0 Å². The molecule has 1 aliphatic rings. The first-order valence-corrected chi connectivity index (χ1v) is 6.45. The Labute approximate surface area is 116 Å². The summed E-state index contributed by atoms with van der Waals surface area (Å²) in [5, 5.41) is 12.3. The van der Waals surface area contributed by atoms with Crippen LogP contribution in [0, 0.1) is 0 Å². The smallest absolute Gasteiger partial charge is 0.244 e. The number of aliphatic hydroxyl groups is 1. The predicted molar refractivity (Wildman–Crippen MR) is 76.9 cm³/mol. The van der Waals surface area contributed by atoms with Crippen molar-refractivity contribution in [2.45, 2.75) is 13.0 Å². The number of benzene rings is 1. The van der Waals surface area contributed by atoms with Crippen molar-refractivity contribution >= 4 is 23.0 Å². The zero-order chi connectivity index (χ0) is 14.1. The van der Waals surface area contributed by atoms with Crippen molar-refractivity contribution in [1.29, 1.82) is 0 Å². The van der Waals surface area contributed by atoms with Crippen LogP contribution in [0.25, 0.3) is 0 Å². The predicted octanol–water partition coefficient (Wildman–Crippen LogP) is 2.23. The van der Waals surface area contributed by atoms with Gasteiger partial charge in [-0.2, -0.15) is 0 Å². The first kappa shape index (κ1) is 12.6. The van der Waals surface area contributed by atoms with Crippen molar-refractivity contribution in [3.8, 4) is 0 Å². The van der Waals surface area contributed by atoms with E-state index in [0.717, 1.165) is 17.1 Å². The fraction of sp³-hybridized carbons (Fsp3) is 0.200. The van der Waals surface area contributed by atoms with Crippen LogP contribution in [-0.2, 0) is 4.79 Å². The molecule has 5 nitrogen and oxygen atoms in total. The SMILES string of the molecule is CC(O)c1ccc(N2CC(=O)Nc3ccccc32)cn1. The number of hydrogen-bond donors (Lipinski definition) is 2. The number of rotatable bonds is 2. The topological polar surface area (TPSA) is 65.5 Å². The number of aromatic nitrogens is 1. The van der Waals surface area contributed by atoms with Crippen LogP contribution in [0.1, 0.15) is 18.7 Å². The van der Waals surface area contributed by atoms with Gasteiger partial charge in [-0.25, -0.2) is 0 Å². The van der Waals surface area contributed by atoms with Gasteiger partial charge in [0, 0.05) is 0 Å². The van der Waals surface area contributed by atoms with Crippen LogP contribution in [0.4, 0.5) is 17.1 Å². The Kier molecular flexibility index (Phi) is 3.12. The number of nitrogens with zero attached hydrogens (tertiary/aromatic N) is 2. The summed E-state index contributed by atoms with van der Waals surface area (Å²) in [7, 11) is 0. The Morgan fingerprint density at radius 2 is 2.10 bits per heavy atom. The van der Waals surface area contributed by atoms with Gasteiger partial charge in [-0.15, -0.1) is 0 Å². The summed E-state index contributed by atoms with van der Waals surface area (Å²) < 4.78 is 0. The molecule has 1 atom stereocenters. The summed E-state index contributed by atoms with van der Waals surface area (Å²) in [5.41, 5.74) is 3.18. The molecule has 0 bridgehead atoms. The van der Waals surface area contributed by atoms with Gasteiger partial charge in [-0.3, -0.25) is 9.78 Å². The van der Waals surface area contributed by atoms with Crippen molar-refractivity contribution < 1.29 is 9.90 Å². The minimum atomic E-state index is -0.596. The summed E-state index contributed by atoms with van der Waals surface area (Å²) in [5.74, 6) is -0.0525. The van der Waals surface area contributed by atoms with E-state index in [1.54, 1.807) is 19.2 Å². The Balaban J connectivity index is 1.99. The number of fused-ring (bicyclic) bond motifs is 1. The van der Waals surface area contributed by atoms with Gasteiger partial charge < -0.3 is 15.3 Å². The molecule has 1 unspecified atom stereocenters. The molecule has 0 saturated heterocycles. The van der Waals surface area contributed by atoms with Gasteiger partial charge in [-0.05, 0) is 31.2 Å². The lowest BCUT2D eigenvalue weighted by atomic mass is 10.1.